The number of nitrogen functional groups attached to an aromatic ring is 1. The first kappa shape index (κ1) is 10.7. The van der Waals surface area contributed by atoms with Crippen LogP contribution < -0.4 is 10.6 Å². The Kier molecular flexibility index (Phi) is 2.84. The molecule has 0 spiro atoms. The van der Waals surface area contributed by atoms with E-state index in [1.54, 1.807) is 17.2 Å². The van der Waals surface area contributed by atoms with Crippen molar-refractivity contribution in [1.29, 1.82) is 0 Å². The first-order chi connectivity index (χ1) is 7.08. The van der Waals surface area contributed by atoms with Crippen molar-refractivity contribution in [2.24, 2.45) is 0 Å². The zero-order valence-electron chi connectivity index (χ0n) is 7.78. The molecule has 15 heavy (non-hydrogen) atoms. The van der Waals surface area contributed by atoms with Crippen LogP contribution in [-0.4, -0.2) is 22.8 Å². The number of hydrogen-bond donors (Lipinski definition) is 1. The van der Waals surface area contributed by atoms with Crippen LogP contribution in [0.15, 0.2) is 16.7 Å². The number of alkyl halides is 1. The molecule has 0 aromatic carbocycles. The number of hydrogen-bond acceptors (Lipinski definition) is 3. The van der Waals surface area contributed by atoms with Crippen LogP contribution in [0.25, 0.3) is 0 Å². The minimum Gasteiger partial charge on any atom is -0.382 e. The van der Waals surface area contributed by atoms with E-state index in [1.807, 2.05) is 0 Å². The van der Waals surface area contributed by atoms with Gasteiger partial charge in [-0.25, -0.2) is 4.98 Å². The summed E-state index contributed by atoms with van der Waals surface area (Å²) < 4.78 is 0.789. The van der Waals surface area contributed by atoms with Gasteiger partial charge in [0.15, 0.2) is 0 Å². The molecule has 4 nitrogen and oxygen atoms in total. The molecule has 1 aromatic heterocycles. The van der Waals surface area contributed by atoms with Crippen molar-refractivity contribution in [3.8, 4) is 0 Å². The number of rotatable bonds is 1. The van der Waals surface area contributed by atoms with Crippen molar-refractivity contribution >= 4 is 44.9 Å². The van der Waals surface area contributed by atoms with Gasteiger partial charge in [0.1, 0.15) is 5.82 Å². The number of amides is 1. The van der Waals surface area contributed by atoms with Gasteiger partial charge in [0.05, 0.1) is 11.1 Å². The highest BCUT2D eigenvalue weighted by atomic mass is 79.9. The van der Waals surface area contributed by atoms with E-state index in [1.165, 1.54) is 0 Å². The molecule has 1 unspecified atom stereocenters. The first-order valence-corrected chi connectivity index (χ1v) is 5.66. The molecule has 1 atom stereocenters. The average Bonchev–Trinajstić information content (AvgIpc) is 2.50. The largest absolute Gasteiger partial charge is 0.382 e. The summed E-state index contributed by atoms with van der Waals surface area (Å²) in [7, 11) is 0. The third kappa shape index (κ3) is 2.08. The standard InChI is InChI=1S/C9H9BrClN3O/c10-5-1-7(9(12)13-3-5)14-4-6(11)2-8(14)15/h1,3,6H,2,4H2,(H2,12,13). The number of halogens is 2. The van der Waals surface area contributed by atoms with Crippen molar-refractivity contribution in [3.05, 3.63) is 16.7 Å². The minimum atomic E-state index is -0.143. The molecule has 1 saturated heterocycles. The predicted molar refractivity (Wildman–Crippen MR) is 63.0 cm³/mol. The Hall–Kier alpha value is -0.810. The van der Waals surface area contributed by atoms with E-state index in [2.05, 4.69) is 20.9 Å². The monoisotopic (exact) mass is 289 g/mol. The summed E-state index contributed by atoms with van der Waals surface area (Å²) >= 11 is 9.20. The number of anilines is 2. The molecule has 1 aliphatic heterocycles. The lowest BCUT2D eigenvalue weighted by atomic mass is 10.3. The van der Waals surface area contributed by atoms with Crippen molar-refractivity contribution in [3.63, 3.8) is 0 Å². The Bertz CT molecular complexity index is 412. The lowest BCUT2D eigenvalue weighted by molar-refractivity contribution is -0.117. The topological polar surface area (TPSA) is 59.2 Å². The van der Waals surface area contributed by atoms with Gasteiger partial charge in [0.2, 0.25) is 5.91 Å². The van der Waals surface area contributed by atoms with Crippen LogP contribution >= 0.6 is 27.5 Å². The van der Waals surface area contributed by atoms with E-state index in [9.17, 15) is 4.79 Å². The summed E-state index contributed by atoms with van der Waals surface area (Å²) in [5, 5.41) is -0.143. The van der Waals surface area contributed by atoms with Gasteiger partial charge in [-0.05, 0) is 22.0 Å². The fourth-order valence-electron chi connectivity index (χ4n) is 1.55. The fourth-order valence-corrected chi connectivity index (χ4v) is 2.14. The van der Waals surface area contributed by atoms with E-state index in [4.69, 9.17) is 17.3 Å². The highest BCUT2D eigenvalue weighted by Gasteiger charge is 2.30. The summed E-state index contributed by atoms with van der Waals surface area (Å²) in [4.78, 5) is 17.1. The molecule has 2 N–H and O–H groups in total. The van der Waals surface area contributed by atoms with Crippen LogP contribution in [0.2, 0.25) is 0 Å². The number of nitrogens with zero attached hydrogens (tertiary/aromatic N) is 2. The molecule has 1 fully saturated rings. The lowest BCUT2D eigenvalue weighted by Crippen LogP contribution is -2.25. The normalized spacial score (nSPS) is 21.1. The summed E-state index contributed by atoms with van der Waals surface area (Å²) in [6.45, 7) is 0.489. The van der Waals surface area contributed by atoms with Gasteiger partial charge in [0.25, 0.3) is 0 Å². The van der Waals surface area contributed by atoms with Crippen LogP contribution in [-0.2, 0) is 4.79 Å². The van der Waals surface area contributed by atoms with Gasteiger partial charge in [-0.2, -0.15) is 0 Å². The third-order valence-corrected chi connectivity index (χ3v) is 2.96. The highest BCUT2D eigenvalue weighted by Crippen LogP contribution is 2.29. The van der Waals surface area contributed by atoms with Gasteiger partial charge < -0.3 is 10.6 Å². The van der Waals surface area contributed by atoms with E-state index < -0.39 is 0 Å². The van der Waals surface area contributed by atoms with Crippen molar-refractivity contribution in [2.45, 2.75) is 11.8 Å². The molecule has 1 aliphatic rings. The SMILES string of the molecule is Nc1ncc(Br)cc1N1CC(Cl)CC1=O. The molecule has 2 heterocycles. The molecule has 1 aromatic rings. The number of pyridine rings is 1. The Morgan fingerprint density at radius 2 is 2.40 bits per heavy atom. The Labute approximate surface area is 101 Å². The average molecular weight is 291 g/mol. The van der Waals surface area contributed by atoms with E-state index in [0.29, 0.717) is 24.5 Å². The van der Waals surface area contributed by atoms with Crippen LogP contribution in [0.5, 0.6) is 0 Å². The van der Waals surface area contributed by atoms with E-state index in [-0.39, 0.29) is 11.3 Å². The van der Waals surface area contributed by atoms with E-state index >= 15 is 0 Å². The molecule has 1 amide bonds. The highest BCUT2D eigenvalue weighted by molar-refractivity contribution is 9.10. The Balaban J connectivity index is 2.37. The van der Waals surface area contributed by atoms with Crippen LogP contribution in [0, 0.1) is 0 Å². The lowest BCUT2D eigenvalue weighted by Gasteiger charge is -2.17. The molecule has 2 rings (SSSR count). The third-order valence-electron chi connectivity index (χ3n) is 2.23. The molecular weight excluding hydrogens is 281 g/mol. The fraction of sp³-hybridized carbons (Fsp3) is 0.333. The molecule has 0 bridgehead atoms. The smallest absolute Gasteiger partial charge is 0.228 e. The molecule has 0 aliphatic carbocycles. The molecule has 0 radical (unpaired) electrons. The maximum Gasteiger partial charge on any atom is 0.228 e. The molecular formula is C9H9BrClN3O. The summed E-state index contributed by atoms with van der Waals surface area (Å²) in [6.07, 6.45) is 1.95. The first-order valence-electron chi connectivity index (χ1n) is 4.43. The van der Waals surface area contributed by atoms with Gasteiger partial charge >= 0.3 is 0 Å². The Morgan fingerprint density at radius 1 is 1.67 bits per heavy atom. The quantitative estimate of drug-likeness (QED) is 0.802. The molecule has 80 valence electrons. The van der Waals surface area contributed by atoms with Crippen LogP contribution in [0.4, 0.5) is 11.5 Å². The van der Waals surface area contributed by atoms with Gasteiger partial charge in [-0.1, -0.05) is 0 Å². The summed E-state index contributed by atoms with van der Waals surface area (Å²) in [5.41, 5.74) is 6.33. The predicted octanol–water partition coefficient (Wildman–Crippen LogP) is 1.77. The van der Waals surface area contributed by atoms with Crippen LogP contribution in [0.3, 0.4) is 0 Å². The number of nitrogens with two attached hydrogens (primary N) is 1. The number of aromatic nitrogens is 1. The maximum atomic E-state index is 11.6. The van der Waals surface area contributed by atoms with Gasteiger partial charge in [0, 0.05) is 23.6 Å². The second kappa shape index (κ2) is 3.98. The Morgan fingerprint density at radius 3 is 3.00 bits per heavy atom. The van der Waals surface area contributed by atoms with Crippen molar-refractivity contribution in [2.75, 3.05) is 17.2 Å². The summed E-state index contributed by atoms with van der Waals surface area (Å²) in [5.74, 6) is 0.332. The zero-order valence-corrected chi connectivity index (χ0v) is 10.1. The number of carbonyl (C=O) groups is 1. The van der Waals surface area contributed by atoms with Crippen molar-refractivity contribution in [1.82, 2.24) is 4.98 Å². The van der Waals surface area contributed by atoms with Gasteiger partial charge in [-0.3, -0.25) is 4.79 Å². The van der Waals surface area contributed by atoms with E-state index in [0.717, 1.165) is 4.47 Å². The summed E-state index contributed by atoms with van der Waals surface area (Å²) in [6, 6.07) is 1.77. The van der Waals surface area contributed by atoms with Gasteiger partial charge in [-0.15, -0.1) is 11.6 Å². The minimum absolute atomic E-state index is 0.0124. The second-order valence-electron chi connectivity index (χ2n) is 3.36. The second-order valence-corrected chi connectivity index (χ2v) is 4.90. The molecule has 6 heteroatoms. The molecule has 0 saturated carbocycles. The number of carbonyl (C=O) groups excluding carboxylic acids is 1. The van der Waals surface area contributed by atoms with Crippen LogP contribution in [0.1, 0.15) is 6.42 Å². The zero-order chi connectivity index (χ0) is 11.0. The maximum absolute atomic E-state index is 11.6. The van der Waals surface area contributed by atoms with Crippen molar-refractivity contribution < 1.29 is 4.79 Å².